The Labute approximate surface area is 161 Å². The summed E-state index contributed by atoms with van der Waals surface area (Å²) in [6.07, 6.45) is 0. The highest BCUT2D eigenvalue weighted by molar-refractivity contribution is 6.09. The summed E-state index contributed by atoms with van der Waals surface area (Å²) in [4.78, 5) is 36.3. The van der Waals surface area contributed by atoms with E-state index in [2.05, 4.69) is 0 Å². The summed E-state index contributed by atoms with van der Waals surface area (Å²) in [5.41, 5.74) is 0.493. The summed E-state index contributed by atoms with van der Waals surface area (Å²) >= 11 is 0. The van der Waals surface area contributed by atoms with Crippen molar-refractivity contribution in [2.45, 2.75) is 12.8 Å². The second-order valence-corrected chi connectivity index (χ2v) is 6.00. The number of ketones is 1. The lowest BCUT2D eigenvalue weighted by Gasteiger charge is -2.22. The molecular formula is C20H20FNO6. The van der Waals surface area contributed by atoms with Crippen LogP contribution < -0.4 is 4.74 Å². The Morgan fingerprint density at radius 2 is 1.71 bits per heavy atom. The zero-order valence-electron chi connectivity index (χ0n) is 15.5. The molecule has 0 saturated carbocycles. The van der Waals surface area contributed by atoms with Gasteiger partial charge in [0.1, 0.15) is 17.5 Å². The summed E-state index contributed by atoms with van der Waals surface area (Å²) in [5, 5.41) is 11.2. The number of halogens is 1. The Kier molecular flexibility index (Phi) is 7.20. The molecule has 0 radical (unpaired) electrons. The Hall–Kier alpha value is -3.29. The number of carbonyl (C=O) groups is 2. The predicted octanol–water partition coefficient (Wildman–Crippen LogP) is 3.26. The van der Waals surface area contributed by atoms with Crippen molar-refractivity contribution in [1.29, 1.82) is 0 Å². The van der Waals surface area contributed by atoms with Gasteiger partial charge < -0.3 is 9.47 Å². The minimum absolute atomic E-state index is 0.0137. The highest BCUT2D eigenvalue weighted by Crippen LogP contribution is 2.30. The molecule has 0 spiro atoms. The van der Waals surface area contributed by atoms with Gasteiger partial charge in [0.15, 0.2) is 5.78 Å². The number of nitrogens with zero attached hydrogens (tertiary/aromatic N) is 1. The molecule has 2 atom stereocenters. The van der Waals surface area contributed by atoms with E-state index in [0.717, 1.165) is 12.1 Å². The van der Waals surface area contributed by atoms with Crippen molar-refractivity contribution in [3.05, 3.63) is 75.6 Å². The molecule has 2 aromatic rings. The minimum atomic E-state index is -1.44. The lowest BCUT2D eigenvalue weighted by atomic mass is 9.81. The second kappa shape index (κ2) is 9.59. The Morgan fingerprint density at radius 3 is 2.21 bits per heavy atom. The van der Waals surface area contributed by atoms with E-state index in [9.17, 15) is 24.1 Å². The van der Waals surface area contributed by atoms with Crippen LogP contribution in [0.4, 0.5) is 4.39 Å². The maximum Gasteiger partial charge on any atom is 0.317 e. The third kappa shape index (κ3) is 5.12. The summed E-state index contributed by atoms with van der Waals surface area (Å²) in [7, 11) is 1.47. The molecule has 0 aliphatic rings. The lowest BCUT2D eigenvalue weighted by molar-refractivity contribution is -0.484. The van der Waals surface area contributed by atoms with Crippen LogP contribution in [0.5, 0.6) is 5.75 Å². The van der Waals surface area contributed by atoms with Crippen LogP contribution in [-0.4, -0.2) is 36.9 Å². The topological polar surface area (TPSA) is 95.7 Å². The van der Waals surface area contributed by atoms with Crippen LogP contribution in [0.2, 0.25) is 0 Å². The van der Waals surface area contributed by atoms with Crippen molar-refractivity contribution in [3.63, 3.8) is 0 Å². The van der Waals surface area contributed by atoms with Gasteiger partial charge in [-0.2, -0.15) is 0 Å². The van der Waals surface area contributed by atoms with Gasteiger partial charge in [0, 0.05) is 10.5 Å². The van der Waals surface area contributed by atoms with Gasteiger partial charge in [-0.1, -0.05) is 12.1 Å². The first kappa shape index (κ1) is 21.0. The second-order valence-electron chi connectivity index (χ2n) is 6.00. The van der Waals surface area contributed by atoms with E-state index in [-0.39, 0.29) is 12.2 Å². The van der Waals surface area contributed by atoms with Crippen LogP contribution >= 0.6 is 0 Å². The fourth-order valence-corrected chi connectivity index (χ4v) is 2.89. The molecule has 2 unspecified atom stereocenters. The number of hydrogen-bond donors (Lipinski definition) is 0. The number of ether oxygens (including phenoxy) is 2. The van der Waals surface area contributed by atoms with Crippen LogP contribution in [0.25, 0.3) is 0 Å². The van der Waals surface area contributed by atoms with Crippen LogP contribution in [0, 0.1) is 21.8 Å². The SMILES string of the molecule is CCOC(=O)C(C(=O)c1ccc(OC)cc1)C(C[N+](=O)[O-])c1ccc(F)cc1. The van der Waals surface area contributed by atoms with Gasteiger partial charge in [-0.3, -0.25) is 19.7 Å². The molecule has 7 nitrogen and oxygen atoms in total. The molecule has 0 aliphatic heterocycles. The molecule has 2 rings (SSSR count). The molecule has 0 heterocycles. The van der Waals surface area contributed by atoms with E-state index in [4.69, 9.17) is 9.47 Å². The lowest BCUT2D eigenvalue weighted by Crippen LogP contribution is -2.35. The molecule has 28 heavy (non-hydrogen) atoms. The Balaban J connectivity index is 2.49. The number of methoxy groups -OCH3 is 1. The number of benzene rings is 2. The third-order valence-corrected chi connectivity index (χ3v) is 4.24. The molecule has 0 N–H and O–H groups in total. The smallest absolute Gasteiger partial charge is 0.317 e. The minimum Gasteiger partial charge on any atom is -0.497 e. The standard InChI is InChI=1S/C20H20FNO6/c1-3-28-20(24)18(19(23)14-6-10-16(27-2)11-7-14)17(12-22(25)26)13-4-8-15(21)9-5-13/h4-11,17-18H,3,12H2,1-2H3. The van der Waals surface area contributed by atoms with Crippen LogP contribution in [0.3, 0.4) is 0 Å². The van der Waals surface area contributed by atoms with Gasteiger partial charge in [-0.15, -0.1) is 0 Å². The van der Waals surface area contributed by atoms with Crippen LogP contribution in [0.15, 0.2) is 48.5 Å². The van der Waals surface area contributed by atoms with Crippen molar-refractivity contribution >= 4 is 11.8 Å². The van der Waals surface area contributed by atoms with Crippen molar-refractivity contribution < 1.29 is 28.4 Å². The van der Waals surface area contributed by atoms with Crippen molar-refractivity contribution in [1.82, 2.24) is 0 Å². The largest absolute Gasteiger partial charge is 0.497 e. The third-order valence-electron chi connectivity index (χ3n) is 4.24. The summed E-state index contributed by atoms with van der Waals surface area (Å²) in [6.45, 7) is 0.907. The van der Waals surface area contributed by atoms with Gasteiger partial charge in [0.25, 0.3) is 0 Å². The molecule has 8 heteroatoms. The van der Waals surface area contributed by atoms with E-state index < -0.39 is 40.9 Å². The quantitative estimate of drug-likeness (QED) is 0.215. The molecule has 148 valence electrons. The first-order chi connectivity index (χ1) is 13.4. The maximum atomic E-state index is 13.3. The average molecular weight is 389 g/mol. The first-order valence-electron chi connectivity index (χ1n) is 8.59. The van der Waals surface area contributed by atoms with Gasteiger partial charge in [0.2, 0.25) is 6.54 Å². The summed E-state index contributed by atoms with van der Waals surface area (Å²) in [6, 6.07) is 11.0. The highest BCUT2D eigenvalue weighted by atomic mass is 19.1. The molecule has 0 bridgehead atoms. The molecular weight excluding hydrogens is 369 g/mol. The van der Waals surface area contributed by atoms with E-state index in [1.165, 1.54) is 31.4 Å². The van der Waals surface area contributed by atoms with Crippen molar-refractivity contribution in [2.75, 3.05) is 20.3 Å². The van der Waals surface area contributed by atoms with Crippen molar-refractivity contribution in [2.24, 2.45) is 5.92 Å². The molecule has 0 amide bonds. The normalized spacial score (nSPS) is 12.7. The highest BCUT2D eigenvalue weighted by Gasteiger charge is 2.40. The van der Waals surface area contributed by atoms with E-state index in [1.807, 2.05) is 0 Å². The molecule has 2 aromatic carbocycles. The van der Waals surface area contributed by atoms with E-state index >= 15 is 0 Å². The van der Waals surface area contributed by atoms with Crippen LogP contribution in [-0.2, 0) is 9.53 Å². The van der Waals surface area contributed by atoms with Gasteiger partial charge in [-0.05, 0) is 48.9 Å². The van der Waals surface area contributed by atoms with Gasteiger partial charge in [0.05, 0.1) is 19.6 Å². The molecule has 0 aromatic heterocycles. The number of carbonyl (C=O) groups excluding carboxylic acids is 2. The Bertz CT molecular complexity index is 835. The number of hydrogen-bond acceptors (Lipinski definition) is 6. The molecule has 0 aliphatic carbocycles. The number of esters is 1. The van der Waals surface area contributed by atoms with Crippen molar-refractivity contribution in [3.8, 4) is 5.75 Å². The average Bonchev–Trinajstić information content (AvgIpc) is 2.68. The molecule has 0 fully saturated rings. The van der Waals surface area contributed by atoms with E-state index in [0.29, 0.717) is 11.3 Å². The maximum absolute atomic E-state index is 13.3. The first-order valence-corrected chi connectivity index (χ1v) is 8.59. The summed E-state index contributed by atoms with van der Waals surface area (Å²) in [5.74, 6) is -4.03. The molecule has 0 saturated heterocycles. The van der Waals surface area contributed by atoms with Gasteiger partial charge >= 0.3 is 5.97 Å². The monoisotopic (exact) mass is 389 g/mol. The number of Topliss-reactive ketones (excluding diaryl/α,β-unsaturated/α-hetero) is 1. The van der Waals surface area contributed by atoms with E-state index in [1.54, 1.807) is 19.1 Å². The Morgan fingerprint density at radius 1 is 1.11 bits per heavy atom. The fourth-order valence-electron chi connectivity index (χ4n) is 2.89. The van der Waals surface area contributed by atoms with Gasteiger partial charge in [-0.25, -0.2) is 4.39 Å². The predicted molar refractivity (Wildman–Crippen MR) is 98.4 cm³/mol. The zero-order valence-corrected chi connectivity index (χ0v) is 15.5. The summed E-state index contributed by atoms with van der Waals surface area (Å²) < 4.78 is 23.4. The number of nitro groups is 1. The number of rotatable bonds is 9. The fraction of sp³-hybridized carbons (Fsp3) is 0.300. The van der Waals surface area contributed by atoms with Crippen LogP contribution in [0.1, 0.15) is 28.8 Å². The zero-order chi connectivity index (χ0) is 20.7.